The van der Waals surface area contributed by atoms with Gasteiger partial charge < -0.3 is 14.8 Å². The van der Waals surface area contributed by atoms with Crippen LogP contribution < -0.4 is 10.1 Å². The number of likely N-dealkylation sites (tertiary alicyclic amines) is 1. The molecule has 1 aliphatic heterocycles. The number of piperidine rings is 1. The first-order valence-corrected chi connectivity index (χ1v) is 7.87. The number of esters is 1. The molecule has 0 aliphatic carbocycles. The Labute approximate surface area is 136 Å². The molecule has 126 valence electrons. The van der Waals surface area contributed by atoms with Crippen molar-refractivity contribution in [2.24, 2.45) is 0 Å². The zero-order valence-corrected chi connectivity index (χ0v) is 13.7. The molecule has 0 aromatic heterocycles. The number of hydrogen-bond donors (Lipinski definition) is 1. The number of nitrogens with zero attached hydrogens (tertiary/aromatic N) is 1. The third-order valence-electron chi connectivity index (χ3n) is 4.08. The van der Waals surface area contributed by atoms with Crippen LogP contribution in [0.1, 0.15) is 25.7 Å². The lowest BCUT2D eigenvalue weighted by Gasteiger charge is -2.34. The number of nitrogens with one attached hydrogen (secondary N) is 1. The summed E-state index contributed by atoms with van der Waals surface area (Å²) in [5, 5.41) is 2.88. The highest BCUT2D eigenvalue weighted by molar-refractivity contribution is 5.92. The first-order valence-electron chi connectivity index (χ1n) is 7.87. The van der Waals surface area contributed by atoms with Gasteiger partial charge in [0.15, 0.2) is 0 Å². The molecule has 0 spiro atoms. The normalized spacial score (nSPS) is 18.3. The van der Waals surface area contributed by atoms with Crippen LogP contribution in [0.2, 0.25) is 0 Å². The molecule has 1 aliphatic rings. The number of methoxy groups -OCH3 is 2. The van der Waals surface area contributed by atoms with E-state index in [0.29, 0.717) is 17.9 Å². The van der Waals surface area contributed by atoms with Crippen LogP contribution in [0.4, 0.5) is 5.69 Å². The summed E-state index contributed by atoms with van der Waals surface area (Å²) in [5.74, 6) is 0.384. The topological polar surface area (TPSA) is 67.9 Å². The Morgan fingerprint density at radius 2 is 2.13 bits per heavy atom. The molecule has 1 atom stereocenters. The molecule has 2 rings (SSSR count). The number of rotatable bonds is 6. The van der Waals surface area contributed by atoms with Crippen molar-refractivity contribution in [2.45, 2.75) is 31.7 Å². The smallest absolute Gasteiger partial charge is 0.307 e. The number of ether oxygens (including phenoxy) is 2. The second-order valence-corrected chi connectivity index (χ2v) is 5.68. The minimum atomic E-state index is -0.227. The zero-order valence-electron chi connectivity index (χ0n) is 13.7. The highest BCUT2D eigenvalue weighted by atomic mass is 16.5. The highest BCUT2D eigenvalue weighted by Gasteiger charge is 2.26. The van der Waals surface area contributed by atoms with E-state index in [0.717, 1.165) is 25.8 Å². The Morgan fingerprint density at radius 1 is 1.30 bits per heavy atom. The van der Waals surface area contributed by atoms with Gasteiger partial charge >= 0.3 is 5.97 Å². The molecule has 6 heteroatoms. The molecule has 0 radical (unpaired) electrons. The number of anilines is 1. The van der Waals surface area contributed by atoms with Crippen molar-refractivity contribution in [1.29, 1.82) is 0 Å². The van der Waals surface area contributed by atoms with E-state index in [-0.39, 0.29) is 24.5 Å². The fraction of sp³-hybridized carbons (Fsp3) is 0.529. The predicted molar refractivity (Wildman–Crippen MR) is 87.5 cm³/mol. The summed E-state index contributed by atoms with van der Waals surface area (Å²) in [6.07, 6.45) is 3.38. The van der Waals surface area contributed by atoms with E-state index in [1.807, 2.05) is 18.2 Å². The second-order valence-electron chi connectivity index (χ2n) is 5.68. The number of amides is 1. The summed E-state index contributed by atoms with van der Waals surface area (Å²) in [5.41, 5.74) is 0.705. The first kappa shape index (κ1) is 17.3. The molecule has 1 amide bonds. The lowest BCUT2D eigenvalue weighted by Crippen LogP contribution is -2.45. The molecule has 0 unspecified atom stereocenters. The molecular weight excluding hydrogens is 296 g/mol. The van der Waals surface area contributed by atoms with Gasteiger partial charge in [-0.05, 0) is 31.5 Å². The number of hydrogen-bond acceptors (Lipinski definition) is 5. The van der Waals surface area contributed by atoms with Gasteiger partial charge in [-0.3, -0.25) is 14.5 Å². The average Bonchev–Trinajstić information content (AvgIpc) is 2.56. The zero-order chi connectivity index (χ0) is 16.7. The molecule has 1 aromatic rings. The van der Waals surface area contributed by atoms with Gasteiger partial charge in [-0.25, -0.2) is 0 Å². The lowest BCUT2D eigenvalue weighted by atomic mass is 9.99. The quantitative estimate of drug-likeness (QED) is 0.813. The lowest BCUT2D eigenvalue weighted by molar-refractivity contribution is -0.142. The van der Waals surface area contributed by atoms with Gasteiger partial charge in [0.05, 0.1) is 27.2 Å². The van der Waals surface area contributed by atoms with Crippen LogP contribution in [0.3, 0.4) is 0 Å². The number of carbonyl (C=O) groups is 2. The molecule has 0 saturated carbocycles. The van der Waals surface area contributed by atoms with Crippen LogP contribution in [0.5, 0.6) is 5.75 Å². The Balaban J connectivity index is 1.92. The number of benzene rings is 1. The van der Waals surface area contributed by atoms with Gasteiger partial charge in [0.2, 0.25) is 5.91 Å². The maximum absolute atomic E-state index is 12.3. The van der Waals surface area contributed by atoms with Crippen LogP contribution >= 0.6 is 0 Å². The van der Waals surface area contributed by atoms with E-state index < -0.39 is 0 Å². The van der Waals surface area contributed by atoms with Crippen LogP contribution in [0.15, 0.2) is 24.3 Å². The van der Waals surface area contributed by atoms with E-state index in [4.69, 9.17) is 9.47 Å². The van der Waals surface area contributed by atoms with Gasteiger partial charge in [0, 0.05) is 17.8 Å². The van der Waals surface area contributed by atoms with E-state index in [9.17, 15) is 9.59 Å². The van der Waals surface area contributed by atoms with Crippen molar-refractivity contribution in [1.82, 2.24) is 4.90 Å². The summed E-state index contributed by atoms with van der Waals surface area (Å²) in [6, 6.07) is 7.33. The largest absolute Gasteiger partial charge is 0.497 e. The predicted octanol–water partition coefficient (Wildman–Crippen LogP) is 2.05. The third kappa shape index (κ3) is 5.25. The maximum atomic E-state index is 12.3. The summed E-state index contributed by atoms with van der Waals surface area (Å²) in [7, 11) is 2.98. The van der Waals surface area contributed by atoms with E-state index >= 15 is 0 Å². The van der Waals surface area contributed by atoms with Crippen molar-refractivity contribution in [2.75, 3.05) is 32.6 Å². The van der Waals surface area contributed by atoms with Crippen molar-refractivity contribution < 1.29 is 19.1 Å². The van der Waals surface area contributed by atoms with Gasteiger partial charge in [0.1, 0.15) is 5.75 Å². The Hall–Kier alpha value is -2.08. The number of carbonyl (C=O) groups excluding carboxylic acids is 2. The molecule has 1 aromatic carbocycles. The Morgan fingerprint density at radius 3 is 2.87 bits per heavy atom. The monoisotopic (exact) mass is 320 g/mol. The Kier molecular flexibility index (Phi) is 6.40. The van der Waals surface area contributed by atoms with Crippen LogP contribution in [0, 0.1) is 0 Å². The molecular formula is C17H24N2O4. The fourth-order valence-electron chi connectivity index (χ4n) is 2.86. The average molecular weight is 320 g/mol. The van der Waals surface area contributed by atoms with E-state index in [2.05, 4.69) is 10.2 Å². The van der Waals surface area contributed by atoms with E-state index in [1.165, 1.54) is 7.11 Å². The highest BCUT2D eigenvalue weighted by Crippen LogP contribution is 2.21. The summed E-state index contributed by atoms with van der Waals surface area (Å²) in [4.78, 5) is 25.8. The molecule has 23 heavy (non-hydrogen) atoms. The van der Waals surface area contributed by atoms with E-state index in [1.54, 1.807) is 13.2 Å². The summed E-state index contributed by atoms with van der Waals surface area (Å²) in [6.45, 7) is 1.10. The fourth-order valence-corrected chi connectivity index (χ4v) is 2.86. The summed E-state index contributed by atoms with van der Waals surface area (Å²) < 4.78 is 9.89. The first-order chi connectivity index (χ1) is 11.1. The molecule has 6 nitrogen and oxygen atoms in total. The van der Waals surface area contributed by atoms with Crippen molar-refractivity contribution in [3.8, 4) is 5.75 Å². The molecule has 1 saturated heterocycles. The molecule has 1 N–H and O–H groups in total. The van der Waals surface area contributed by atoms with Crippen LogP contribution in [-0.4, -0.2) is 50.1 Å². The minimum Gasteiger partial charge on any atom is -0.497 e. The molecule has 1 fully saturated rings. The molecule has 0 bridgehead atoms. The van der Waals surface area contributed by atoms with Crippen molar-refractivity contribution in [3.05, 3.63) is 24.3 Å². The minimum absolute atomic E-state index is 0.0762. The van der Waals surface area contributed by atoms with Crippen molar-refractivity contribution in [3.63, 3.8) is 0 Å². The third-order valence-corrected chi connectivity index (χ3v) is 4.08. The second kappa shape index (κ2) is 8.53. The van der Waals surface area contributed by atoms with Crippen LogP contribution in [-0.2, 0) is 14.3 Å². The maximum Gasteiger partial charge on any atom is 0.307 e. The van der Waals surface area contributed by atoms with Crippen molar-refractivity contribution >= 4 is 17.6 Å². The van der Waals surface area contributed by atoms with Gasteiger partial charge in [-0.2, -0.15) is 0 Å². The molecule has 1 heterocycles. The standard InChI is InChI=1S/C17H24N2O4/c1-22-15-8-5-6-13(10-15)18-16(20)12-19-9-4-3-7-14(19)11-17(21)23-2/h5-6,8,10,14H,3-4,7,9,11-12H2,1-2H3,(H,18,20)/t14-/m0/s1. The van der Waals surface area contributed by atoms with Gasteiger partial charge in [-0.1, -0.05) is 12.5 Å². The van der Waals surface area contributed by atoms with Gasteiger partial charge in [0.25, 0.3) is 0 Å². The van der Waals surface area contributed by atoms with Gasteiger partial charge in [-0.15, -0.1) is 0 Å². The Bertz CT molecular complexity index is 547. The summed E-state index contributed by atoms with van der Waals surface area (Å²) >= 11 is 0. The van der Waals surface area contributed by atoms with Crippen LogP contribution in [0.25, 0.3) is 0 Å². The SMILES string of the molecule is COC(=O)C[C@@H]1CCCCN1CC(=O)Nc1cccc(OC)c1.